The van der Waals surface area contributed by atoms with Crippen LogP contribution in [0.15, 0.2) is 0 Å². The molecule has 1 fully saturated rings. The predicted octanol–water partition coefficient (Wildman–Crippen LogP) is 1.55. The van der Waals surface area contributed by atoms with Crippen molar-refractivity contribution in [3.63, 3.8) is 0 Å². The molecule has 11 heavy (non-hydrogen) atoms. The molecule has 1 aliphatic carbocycles. The third-order valence-electron chi connectivity index (χ3n) is 2.47. The zero-order valence-electron chi connectivity index (χ0n) is 6.59. The topological polar surface area (TPSA) is 37.3 Å². The second-order valence-corrected chi connectivity index (χ2v) is 3.73. The number of carbonyl (C=O) groups excluding carboxylic acids is 1. The first-order valence-electron chi connectivity index (χ1n) is 3.98. The van der Waals surface area contributed by atoms with Crippen molar-refractivity contribution in [2.75, 3.05) is 0 Å². The van der Waals surface area contributed by atoms with E-state index in [2.05, 4.69) is 0 Å². The van der Waals surface area contributed by atoms with Crippen LogP contribution in [-0.2, 0) is 4.79 Å². The number of aliphatic hydroxyl groups excluding tert-OH is 1. The molecule has 3 atom stereocenters. The third-order valence-corrected chi connectivity index (χ3v) is 2.78. The van der Waals surface area contributed by atoms with E-state index in [1.165, 1.54) is 0 Å². The largest absolute Gasteiger partial charge is 0.393 e. The molecule has 0 aromatic heterocycles. The first-order chi connectivity index (χ1) is 5.11. The third kappa shape index (κ3) is 2.17. The molecule has 0 aromatic rings. The predicted molar refractivity (Wildman–Crippen MR) is 43.4 cm³/mol. The highest BCUT2D eigenvalue weighted by Crippen LogP contribution is 2.29. The Balaban J connectivity index is 2.46. The lowest BCUT2D eigenvalue weighted by Gasteiger charge is -2.28. The maximum atomic E-state index is 10.7. The van der Waals surface area contributed by atoms with Crippen LogP contribution < -0.4 is 0 Å². The standard InChI is InChI=1S/C8H13ClO2/c1-5-2-3-6(8(9)11)4-7(5)10/h5-7,10H,2-4H2,1H3. The fourth-order valence-corrected chi connectivity index (χ4v) is 1.70. The highest BCUT2D eigenvalue weighted by Gasteiger charge is 2.29. The second kappa shape index (κ2) is 3.55. The molecule has 1 rings (SSSR count). The quantitative estimate of drug-likeness (QED) is 0.616. The van der Waals surface area contributed by atoms with E-state index < -0.39 is 0 Å². The van der Waals surface area contributed by atoms with Gasteiger partial charge in [0.1, 0.15) is 0 Å². The molecular weight excluding hydrogens is 164 g/mol. The molecule has 0 bridgehead atoms. The summed E-state index contributed by atoms with van der Waals surface area (Å²) in [6.45, 7) is 2.00. The van der Waals surface area contributed by atoms with Gasteiger partial charge >= 0.3 is 0 Å². The van der Waals surface area contributed by atoms with Crippen molar-refractivity contribution >= 4 is 16.8 Å². The fourth-order valence-electron chi connectivity index (χ4n) is 1.50. The van der Waals surface area contributed by atoms with Gasteiger partial charge in [-0.15, -0.1) is 0 Å². The molecule has 1 saturated carbocycles. The van der Waals surface area contributed by atoms with Crippen molar-refractivity contribution in [2.24, 2.45) is 11.8 Å². The van der Waals surface area contributed by atoms with E-state index in [-0.39, 0.29) is 17.3 Å². The van der Waals surface area contributed by atoms with Crippen molar-refractivity contribution in [1.82, 2.24) is 0 Å². The minimum atomic E-state index is -0.337. The molecule has 0 radical (unpaired) electrons. The molecule has 0 aromatic carbocycles. The summed E-state index contributed by atoms with van der Waals surface area (Å²) >= 11 is 5.32. The van der Waals surface area contributed by atoms with Crippen LogP contribution in [-0.4, -0.2) is 16.5 Å². The molecule has 1 N–H and O–H groups in total. The van der Waals surface area contributed by atoms with Gasteiger partial charge in [0.2, 0.25) is 5.24 Å². The summed E-state index contributed by atoms with van der Waals surface area (Å²) in [6, 6.07) is 0. The van der Waals surface area contributed by atoms with Gasteiger partial charge in [0, 0.05) is 5.92 Å². The zero-order valence-corrected chi connectivity index (χ0v) is 7.34. The minimum absolute atomic E-state index is 0.108. The van der Waals surface area contributed by atoms with Crippen molar-refractivity contribution in [1.29, 1.82) is 0 Å². The van der Waals surface area contributed by atoms with Crippen LogP contribution in [0.3, 0.4) is 0 Å². The number of hydrogen-bond acceptors (Lipinski definition) is 2. The fraction of sp³-hybridized carbons (Fsp3) is 0.875. The summed E-state index contributed by atoms with van der Waals surface area (Å²) < 4.78 is 0. The lowest BCUT2D eigenvalue weighted by Crippen LogP contribution is -2.29. The summed E-state index contributed by atoms with van der Waals surface area (Å²) in [7, 11) is 0. The lowest BCUT2D eigenvalue weighted by atomic mass is 9.81. The molecule has 0 amide bonds. The van der Waals surface area contributed by atoms with E-state index in [1.54, 1.807) is 0 Å². The number of halogens is 1. The molecule has 0 aliphatic heterocycles. The molecule has 1 aliphatic rings. The van der Waals surface area contributed by atoms with E-state index in [4.69, 9.17) is 11.6 Å². The first-order valence-corrected chi connectivity index (χ1v) is 4.36. The van der Waals surface area contributed by atoms with E-state index in [1.807, 2.05) is 6.92 Å². The monoisotopic (exact) mass is 176 g/mol. The van der Waals surface area contributed by atoms with Crippen LogP contribution in [0.1, 0.15) is 26.2 Å². The lowest BCUT2D eigenvalue weighted by molar-refractivity contribution is -0.117. The number of aliphatic hydroxyl groups is 1. The molecule has 3 unspecified atom stereocenters. The van der Waals surface area contributed by atoms with E-state index >= 15 is 0 Å². The van der Waals surface area contributed by atoms with Gasteiger partial charge in [-0.25, -0.2) is 0 Å². The van der Waals surface area contributed by atoms with Crippen LogP contribution >= 0.6 is 11.6 Å². The Morgan fingerprint density at radius 2 is 2.18 bits per heavy atom. The molecule has 0 spiro atoms. The number of carbonyl (C=O) groups is 1. The summed E-state index contributed by atoms with van der Waals surface area (Å²) in [6.07, 6.45) is 1.95. The molecule has 3 heteroatoms. The van der Waals surface area contributed by atoms with Crippen LogP contribution in [0.25, 0.3) is 0 Å². The second-order valence-electron chi connectivity index (χ2n) is 3.36. The first kappa shape index (κ1) is 9.01. The Labute approximate surface area is 71.5 Å². The van der Waals surface area contributed by atoms with Gasteiger partial charge in [-0.05, 0) is 36.8 Å². The van der Waals surface area contributed by atoms with Crippen molar-refractivity contribution in [3.8, 4) is 0 Å². The Bertz CT molecular complexity index is 158. The summed E-state index contributed by atoms with van der Waals surface area (Å²) in [5.41, 5.74) is 0. The maximum absolute atomic E-state index is 10.7. The molecule has 0 saturated heterocycles. The smallest absolute Gasteiger partial charge is 0.224 e. The SMILES string of the molecule is CC1CCC(C(=O)Cl)CC1O. The zero-order chi connectivity index (χ0) is 8.43. The van der Waals surface area contributed by atoms with Crippen LogP contribution in [0, 0.1) is 11.8 Å². The highest BCUT2D eigenvalue weighted by atomic mass is 35.5. The highest BCUT2D eigenvalue weighted by molar-refractivity contribution is 6.63. The average Bonchev–Trinajstić information content (AvgIpc) is 1.94. The molecule has 2 nitrogen and oxygen atoms in total. The minimum Gasteiger partial charge on any atom is -0.393 e. The van der Waals surface area contributed by atoms with E-state index in [0.29, 0.717) is 12.3 Å². The Kier molecular flexibility index (Phi) is 2.90. The molecular formula is C8H13ClO2. The summed E-state index contributed by atoms with van der Waals surface area (Å²) in [4.78, 5) is 10.7. The number of hydrogen-bond donors (Lipinski definition) is 1. The molecule has 0 heterocycles. The van der Waals surface area contributed by atoms with Crippen molar-refractivity contribution in [2.45, 2.75) is 32.3 Å². The van der Waals surface area contributed by atoms with Gasteiger partial charge in [-0.2, -0.15) is 0 Å². The van der Waals surface area contributed by atoms with Crippen molar-refractivity contribution in [3.05, 3.63) is 0 Å². The Hall–Kier alpha value is -0.0800. The van der Waals surface area contributed by atoms with E-state index in [9.17, 15) is 9.90 Å². The molecule has 64 valence electrons. The van der Waals surface area contributed by atoms with Crippen LogP contribution in [0.5, 0.6) is 0 Å². The Morgan fingerprint density at radius 3 is 2.64 bits per heavy atom. The van der Waals surface area contributed by atoms with Gasteiger partial charge in [0.15, 0.2) is 0 Å². The van der Waals surface area contributed by atoms with Gasteiger partial charge < -0.3 is 5.11 Å². The van der Waals surface area contributed by atoms with E-state index in [0.717, 1.165) is 12.8 Å². The van der Waals surface area contributed by atoms with Gasteiger partial charge in [-0.1, -0.05) is 6.92 Å². The number of rotatable bonds is 1. The van der Waals surface area contributed by atoms with Crippen LogP contribution in [0.4, 0.5) is 0 Å². The maximum Gasteiger partial charge on any atom is 0.224 e. The normalized spacial score (nSPS) is 38.6. The summed E-state index contributed by atoms with van der Waals surface area (Å²) in [5.74, 6) is 0.213. The van der Waals surface area contributed by atoms with Gasteiger partial charge in [0.05, 0.1) is 6.10 Å². The summed E-state index contributed by atoms with van der Waals surface area (Å²) in [5, 5.41) is 9.09. The average molecular weight is 177 g/mol. The van der Waals surface area contributed by atoms with Crippen molar-refractivity contribution < 1.29 is 9.90 Å². The van der Waals surface area contributed by atoms with Crippen LogP contribution in [0.2, 0.25) is 0 Å². The van der Waals surface area contributed by atoms with Gasteiger partial charge in [-0.3, -0.25) is 4.79 Å². The van der Waals surface area contributed by atoms with Gasteiger partial charge in [0.25, 0.3) is 0 Å². The Morgan fingerprint density at radius 1 is 1.55 bits per heavy atom.